The molecule has 132 valence electrons. The summed E-state index contributed by atoms with van der Waals surface area (Å²) in [6.07, 6.45) is 2.64. The largest absolute Gasteiger partial charge is 0.323 e. The van der Waals surface area contributed by atoms with Gasteiger partial charge in [0, 0.05) is 46.3 Å². The highest BCUT2D eigenvalue weighted by atomic mass is 16.2. The van der Waals surface area contributed by atoms with Crippen LogP contribution in [-0.2, 0) is 6.54 Å². The lowest BCUT2D eigenvalue weighted by atomic mass is 9.99. The van der Waals surface area contributed by atoms with Gasteiger partial charge < -0.3 is 15.1 Å². The molecule has 1 aromatic carbocycles. The Kier molecular flexibility index (Phi) is 6.10. The highest BCUT2D eigenvalue weighted by Gasteiger charge is 2.25. The fourth-order valence-corrected chi connectivity index (χ4v) is 3.73. The maximum absolute atomic E-state index is 12.6. The van der Waals surface area contributed by atoms with Gasteiger partial charge in [-0.2, -0.15) is 0 Å². The summed E-state index contributed by atoms with van der Waals surface area (Å²) in [6.45, 7) is 7.87. The van der Waals surface area contributed by atoms with Crippen molar-refractivity contribution in [2.45, 2.75) is 19.4 Å². The van der Waals surface area contributed by atoms with Gasteiger partial charge in [-0.15, -0.1) is 0 Å². The maximum atomic E-state index is 12.6. The Hall–Kier alpha value is -1.59. The molecule has 2 fully saturated rings. The van der Waals surface area contributed by atoms with Crippen LogP contribution in [0.3, 0.4) is 0 Å². The molecule has 5 nitrogen and oxygen atoms in total. The third-order valence-electron chi connectivity index (χ3n) is 5.15. The summed E-state index contributed by atoms with van der Waals surface area (Å²) in [7, 11) is 1.90. The first kappa shape index (κ1) is 17.2. The Bertz CT molecular complexity index is 507. The fourth-order valence-electron chi connectivity index (χ4n) is 3.73. The molecule has 0 aromatic heterocycles. The molecule has 3 rings (SSSR count). The number of piperazine rings is 1. The second kappa shape index (κ2) is 8.49. The third kappa shape index (κ3) is 4.71. The van der Waals surface area contributed by atoms with Gasteiger partial charge >= 0.3 is 6.03 Å². The van der Waals surface area contributed by atoms with E-state index < -0.39 is 0 Å². The Morgan fingerprint density at radius 1 is 1.21 bits per heavy atom. The number of carbonyl (C=O) groups is 1. The van der Waals surface area contributed by atoms with Crippen LogP contribution in [0.2, 0.25) is 0 Å². The number of hydrogen-bond donors (Lipinski definition) is 1. The van der Waals surface area contributed by atoms with Gasteiger partial charge in [-0.1, -0.05) is 30.3 Å². The van der Waals surface area contributed by atoms with E-state index in [2.05, 4.69) is 22.3 Å². The van der Waals surface area contributed by atoms with Crippen LogP contribution in [0.1, 0.15) is 18.4 Å². The highest BCUT2D eigenvalue weighted by molar-refractivity contribution is 5.74. The number of piperidine rings is 1. The van der Waals surface area contributed by atoms with Gasteiger partial charge in [0.05, 0.1) is 0 Å². The van der Waals surface area contributed by atoms with Crippen molar-refractivity contribution in [3.8, 4) is 0 Å². The van der Waals surface area contributed by atoms with Gasteiger partial charge in [-0.05, 0) is 37.4 Å². The molecular weight excluding hydrogens is 300 g/mol. The second-order valence-electron chi connectivity index (χ2n) is 7.12. The van der Waals surface area contributed by atoms with E-state index in [4.69, 9.17) is 0 Å². The molecule has 0 bridgehead atoms. The van der Waals surface area contributed by atoms with E-state index in [1.54, 1.807) is 0 Å². The summed E-state index contributed by atoms with van der Waals surface area (Å²) < 4.78 is 0. The molecule has 2 aliphatic heterocycles. The van der Waals surface area contributed by atoms with Gasteiger partial charge in [-0.25, -0.2) is 4.79 Å². The molecule has 2 heterocycles. The zero-order valence-corrected chi connectivity index (χ0v) is 14.8. The Balaban J connectivity index is 1.42. The molecule has 2 amide bonds. The molecule has 5 heteroatoms. The van der Waals surface area contributed by atoms with E-state index in [0.29, 0.717) is 6.54 Å². The van der Waals surface area contributed by atoms with Crippen LogP contribution in [0.25, 0.3) is 0 Å². The average molecular weight is 330 g/mol. The molecule has 0 radical (unpaired) electrons. The zero-order chi connectivity index (χ0) is 16.8. The van der Waals surface area contributed by atoms with Gasteiger partial charge in [-0.3, -0.25) is 4.90 Å². The van der Waals surface area contributed by atoms with Crippen molar-refractivity contribution in [1.29, 1.82) is 0 Å². The molecule has 1 atom stereocenters. The minimum absolute atomic E-state index is 0.151. The smallest absolute Gasteiger partial charge is 0.320 e. The number of benzene rings is 1. The SMILES string of the molecule is CN(Cc1ccccc1)C(=O)N1CCN(CC2CCCNC2)CC1. The van der Waals surface area contributed by atoms with Crippen LogP contribution in [0.15, 0.2) is 30.3 Å². The third-order valence-corrected chi connectivity index (χ3v) is 5.15. The number of nitrogens with zero attached hydrogens (tertiary/aromatic N) is 3. The summed E-state index contributed by atoms with van der Waals surface area (Å²) >= 11 is 0. The summed E-state index contributed by atoms with van der Waals surface area (Å²) in [5.74, 6) is 0.779. The molecule has 0 aliphatic carbocycles. The molecule has 24 heavy (non-hydrogen) atoms. The molecule has 2 aliphatic rings. The standard InChI is InChI=1S/C19H30N4O/c1-21(15-17-6-3-2-4-7-17)19(24)23-12-10-22(11-13-23)16-18-8-5-9-20-14-18/h2-4,6-7,18,20H,5,8-16H2,1H3. The van der Waals surface area contributed by atoms with E-state index in [-0.39, 0.29) is 6.03 Å². The maximum Gasteiger partial charge on any atom is 0.320 e. The molecule has 0 saturated carbocycles. The van der Waals surface area contributed by atoms with Crippen LogP contribution >= 0.6 is 0 Å². The van der Waals surface area contributed by atoms with Crippen LogP contribution in [0.4, 0.5) is 4.79 Å². The predicted molar refractivity (Wildman–Crippen MR) is 96.9 cm³/mol. The number of hydrogen-bond acceptors (Lipinski definition) is 3. The van der Waals surface area contributed by atoms with Crippen molar-refractivity contribution in [3.63, 3.8) is 0 Å². The predicted octanol–water partition coefficient (Wildman–Crippen LogP) is 1.86. The Labute approximate surface area is 145 Å². The van der Waals surface area contributed by atoms with Crippen molar-refractivity contribution in [2.75, 3.05) is 52.9 Å². The molecule has 0 spiro atoms. The molecule has 2 saturated heterocycles. The number of carbonyl (C=O) groups excluding carboxylic acids is 1. The first-order valence-corrected chi connectivity index (χ1v) is 9.19. The number of urea groups is 1. The normalized spacial score (nSPS) is 22.4. The fraction of sp³-hybridized carbons (Fsp3) is 0.632. The minimum Gasteiger partial charge on any atom is -0.323 e. The van der Waals surface area contributed by atoms with E-state index in [1.165, 1.54) is 31.5 Å². The van der Waals surface area contributed by atoms with Gasteiger partial charge in [0.25, 0.3) is 0 Å². The molecule has 1 unspecified atom stereocenters. The summed E-state index contributed by atoms with van der Waals surface area (Å²) in [4.78, 5) is 19.0. The van der Waals surface area contributed by atoms with E-state index >= 15 is 0 Å². The lowest BCUT2D eigenvalue weighted by Crippen LogP contribution is -2.53. The van der Waals surface area contributed by atoms with E-state index in [0.717, 1.165) is 38.6 Å². The quantitative estimate of drug-likeness (QED) is 0.916. The topological polar surface area (TPSA) is 38.8 Å². The van der Waals surface area contributed by atoms with E-state index in [9.17, 15) is 4.79 Å². The lowest BCUT2D eigenvalue weighted by molar-refractivity contribution is 0.105. The van der Waals surface area contributed by atoms with Crippen LogP contribution < -0.4 is 5.32 Å². The lowest BCUT2D eigenvalue weighted by Gasteiger charge is -2.38. The summed E-state index contributed by atoms with van der Waals surface area (Å²) in [6, 6.07) is 10.3. The van der Waals surface area contributed by atoms with Crippen LogP contribution in [0.5, 0.6) is 0 Å². The first-order valence-electron chi connectivity index (χ1n) is 9.19. The van der Waals surface area contributed by atoms with Gasteiger partial charge in [0.1, 0.15) is 0 Å². The first-order chi connectivity index (χ1) is 11.7. The summed E-state index contributed by atoms with van der Waals surface area (Å²) in [5, 5.41) is 3.49. The molecule has 1 aromatic rings. The molecular formula is C19H30N4O. The van der Waals surface area contributed by atoms with Crippen molar-refractivity contribution in [1.82, 2.24) is 20.0 Å². The van der Waals surface area contributed by atoms with Crippen LogP contribution in [-0.4, -0.2) is 73.6 Å². The Morgan fingerprint density at radius 2 is 1.96 bits per heavy atom. The highest BCUT2D eigenvalue weighted by Crippen LogP contribution is 2.14. The molecule has 1 N–H and O–H groups in total. The van der Waals surface area contributed by atoms with Gasteiger partial charge in [0.15, 0.2) is 0 Å². The average Bonchev–Trinajstić information content (AvgIpc) is 2.63. The zero-order valence-electron chi connectivity index (χ0n) is 14.8. The summed E-state index contributed by atoms with van der Waals surface area (Å²) in [5.41, 5.74) is 1.18. The van der Waals surface area contributed by atoms with Crippen LogP contribution in [0, 0.1) is 5.92 Å². The van der Waals surface area contributed by atoms with Crippen molar-refractivity contribution in [3.05, 3.63) is 35.9 Å². The Morgan fingerprint density at radius 3 is 2.62 bits per heavy atom. The van der Waals surface area contributed by atoms with Crippen molar-refractivity contribution < 1.29 is 4.79 Å². The number of amides is 2. The van der Waals surface area contributed by atoms with Crippen molar-refractivity contribution in [2.24, 2.45) is 5.92 Å². The van der Waals surface area contributed by atoms with Crippen molar-refractivity contribution >= 4 is 6.03 Å². The van der Waals surface area contributed by atoms with Gasteiger partial charge in [0.2, 0.25) is 0 Å². The monoisotopic (exact) mass is 330 g/mol. The van der Waals surface area contributed by atoms with E-state index in [1.807, 2.05) is 35.0 Å². The number of nitrogens with one attached hydrogen (secondary N) is 1. The minimum atomic E-state index is 0.151. The second-order valence-corrected chi connectivity index (χ2v) is 7.12. The number of rotatable bonds is 4.